The van der Waals surface area contributed by atoms with Gasteiger partial charge < -0.3 is 4.74 Å². The molecule has 2 unspecified atom stereocenters. The third-order valence-electron chi connectivity index (χ3n) is 4.27. The van der Waals surface area contributed by atoms with E-state index < -0.39 is 0 Å². The highest BCUT2D eigenvalue weighted by Gasteiger charge is 2.29. The smallest absolute Gasteiger partial charge is 0.123 e. The molecule has 0 aliphatic carbocycles. The van der Waals surface area contributed by atoms with Crippen LogP contribution in [0.15, 0.2) is 18.2 Å². The second kappa shape index (κ2) is 7.31. The van der Waals surface area contributed by atoms with Crippen molar-refractivity contribution in [2.45, 2.75) is 45.4 Å². The number of ether oxygens (including phenoxy) is 1. The van der Waals surface area contributed by atoms with E-state index in [1.165, 1.54) is 6.07 Å². The maximum atomic E-state index is 13.4. The second-order valence-corrected chi connectivity index (χ2v) is 6.05. The van der Waals surface area contributed by atoms with Gasteiger partial charge in [-0.05, 0) is 50.5 Å². The Kier molecular flexibility index (Phi) is 5.70. The molecule has 0 amide bonds. The lowest BCUT2D eigenvalue weighted by Crippen LogP contribution is -2.56. The number of hydrazine groups is 1. The molecule has 1 heterocycles. The van der Waals surface area contributed by atoms with Gasteiger partial charge in [0, 0.05) is 19.1 Å². The highest BCUT2D eigenvalue weighted by atomic mass is 19.1. The third-order valence-corrected chi connectivity index (χ3v) is 4.27. The molecule has 0 bridgehead atoms. The first-order valence-electron chi connectivity index (χ1n) is 7.58. The summed E-state index contributed by atoms with van der Waals surface area (Å²) in [5.41, 5.74) is 4.90. The van der Waals surface area contributed by atoms with Gasteiger partial charge in [0.15, 0.2) is 0 Å². The van der Waals surface area contributed by atoms with E-state index in [1.54, 1.807) is 12.1 Å². The number of nitrogens with zero attached hydrogens (tertiary/aromatic N) is 1. The van der Waals surface area contributed by atoms with Gasteiger partial charge in [-0.25, -0.2) is 4.39 Å². The number of morpholine rings is 1. The molecule has 0 spiro atoms. The maximum Gasteiger partial charge on any atom is 0.123 e. The van der Waals surface area contributed by atoms with Crippen molar-refractivity contribution < 1.29 is 9.13 Å². The van der Waals surface area contributed by atoms with Crippen LogP contribution in [0.5, 0.6) is 0 Å². The summed E-state index contributed by atoms with van der Waals surface area (Å²) < 4.78 is 19.3. The molecule has 1 aliphatic rings. The lowest BCUT2D eigenvalue weighted by molar-refractivity contribution is -0.0552. The first kappa shape index (κ1) is 16.4. The summed E-state index contributed by atoms with van der Waals surface area (Å²) in [4.78, 5) is 2.39. The van der Waals surface area contributed by atoms with Crippen molar-refractivity contribution in [1.29, 1.82) is 0 Å². The van der Waals surface area contributed by atoms with Crippen LogP contribution in [0.1, 0.15) is 25.0 Å². The van der Waals surface area contributed by atoms with Crippen molar-refractivity contribution in [2.24, 2.45) is 5.84 Å². The van der Waals surface area contributed by atoms with Gasteiger partial charge in [0.25, 0.3) is 0 Å². The Bertz CT molecular complexity index is 467. The third kappa shape index (κ3) is 4.23. The lowest BCUT2D eigenvalue weighted by Gasteiger charge is -2.38. The molecule has 4 nitrogen and oxygen atoms in total. The van der Waals surface area contributed by atoms with Gasteiger partial charge >= 0.3 is 0 Å². The monoisotopic (exact) mass is 295 g/mol. The fourth-order valence-electron chi connectivity index (χ4n) is 2.80. The zero-order chi connectivity index (χ0) is 15.4. The Balaban J connectivity index is 2.07. The van der Waals surface area contributed by atoms with E-state index in [2.05, 4.69) is 24.2 Å². The van der Waals surface area contributed by atoms with Gasteiger partial charge in [-0.2, -0.15) is 0 Å². The van der Waals surface area contributed by atoms with E-state index in [0.29, 0.717) is 19.1 Å². The predicted octanol–water partition coefficient (Wildman–Crippen LogP) is 1.62. The fraction of sp³-hybridized carbons (Fsp3) is 0.625. The van der Waals surface area contributed by atoms with Crippen LogP contribution in [-0.4, -0.2) is 42.8 Å². The van der Waals surface area contributed by atoms with E-state index in [-0.39, 0.29) is 18.0 Å². The minimum absolute atomic E-state index is 0.0213. The molecular weight excluding hydrogens is 269 g/mol. The highest BCUT2D eigenvalue weighted by molar-refractivity contribution is 5.27. The molecule has 0 saturated carbocycles. The molecule has 1 aromatic rings. The molecule has 118 valence electrons. The molecule has 5 heteroatoms. The average Bonchev–Trinajstić information content (AvgIpc) is 2.48. The van der Waals surface area contributed by atoms with Gasteiger partial charge in [0.05, 0.1) is 18.8 Å². The van der Waals surface area contributed by atoms with Crippen LogP contribution in [0.3, 0.4) is 0 Å². The van der Waals surface area contributed by atoms with E-state index in [4.69, 9.17) is 10.6 Å². The summed E-state index contributed by atoms with van der Waals surface area (Å²) in [6.45, 7) is 8.87. The van der Waals surface area contributed by atoms with Crippen molar-refractivity contribution in [3.05, 3.63) is 35.1 Å². The van der Waals surface area contributed by atoms with Gasteiger partial charge in [0.2, 0.25) is 0 Å². The first-order valence-corrected chi connectivity index (χ1v) is 7.58. The molecule has 1 saturated heterocycles. The summed E-state index contributed by atoms with van der Waals surface area (Å²) in [5, 5.41) is 0. The molecule has 1 aliphatic heterocycles. The largest absolute Gasteiger partial charge is 0.374 e. The van der Waals surface area contributed by atoms with Gasteiger partial charge in [0.1, 0.15) is 5.82 Å². The molecule has 2 atom stereocenters. The number of aryl methyl sites for hydroxylation is 1. The molecular formula is C16H26FN3O. The maximum absolute atomic E-state index is 13.4. The minimum atomic E-state index is -0.209. The average molecular weight is 295 g/mol. The van der Waals surface area contributed by atoms with Crippen LogP contribution in [-0.2, 0) is 11.2 Å². The van der Waals surface area contributed by atoms with E-state index in [9.17, 15) is 4.39 Å². The lowest BCUT2D eigenvalue weighted by atomic mass is 9.97. The molecule has 0 radical (unpaired) electrons. The Morgan fingerprint density at radius 1 is 1.48 bits per heavy atom. The number of nitrogens with one attached hydrogen (secondary N) is 1. The van der Waals surface area contributed by atoms with E-state index in [1.807, 2.05) is 6.92 Å². The van der Waals surface area contributed by atoms with Crippen molar-refractivity contribution in [1.82, 2.24) is 10.3 Å². The van der Waals surface area contributed by atoms with Gasteiger partial charge in [-0.15, -0.1) is 0 Å². The summed E-state index contributed by atoms with van der Waals surface area (Å²) >= 11 is 0. The standard InChI is InChI=1S/C16H26FN3O/c1-11(2)20-6-7-21-16(10-20)15(19-18)9-13-8-14(17)5-4-12(13)3/h4-5,8,11,15-16,19H,6-7,9-10,18H2,1-3H3. The van der Waals surface area contributed by atoms with E-state index in [0.717, 1.165) is 24.2 Å². The van der Waals surface area contributed by atoms with Gasteiger partial charge in [-0.1, -0.05) is 6.07 Å². The molecule has 3 N–H and O–H groups in total. The van der Waals surface area contributed by atoms with Crippen molar-refractivity contribution in [3.8, 4) is 0 Å². The van der Waals surface area contributed by atoms with E-state index >= 15 is 0 Å². The van der Waals surface area contributed by atoms with Crippen LogP contribution in [0.2, 0.25) is 0 Å². The fourth-order valence-corrected chi connectivity index (χ4v) is 2.80. The molecule has 1 fully saturated rings. The Morgan fingerprint density at radius 2 is 2.24 bits per heavy atom. The minimum Gasteiger partial charge on any atom is -0.374 e. The number of hydrogen-bond acceptors (Lipinski definition) is 4. The SMILES string of the molecule is Cc1ccc(F)cc1CC(NN)C1CN(C(C)C)CCO1. The Morgan fingerprint density at radius 3 is 2.90 bits per heavy atom. The molecule has 2 rings (SSSR count). The summed E-state index contributed by atoms with van der Waals surface area (Å²) in [7, 11) is 0. The Labute approximate surface area is 126 Å². The Hall–Kier alpha value is -1.01. The molecule has 1 aromatic carbocycles. The number of nitrogens with two attached hydrogens (primary N) is 1. The summed E-state index contributed by atoms with van der Waals surface area (Å²) in [6, 6.07) is 5.35. The van der Waals surface area contributed by atoms with Crippen LogP contribution in [0.25, 0.3) is 0 Å². The molecule has 0 aromatic heterocycles. The van der Waals surface area contributed by atoms with Gasteiger partial charge in [-0.3, -0.25) is 16.2 Å². The van der Waals surface area contributed by atoms with Crippen LogP contribution in [0.4, 0.5) is 4.39 Å². The number of hydrogen-bond donors (Lipinski definition) is 2. The predicted molar refractivity (Wildman–Crippen MR) is 82.4 cm³/mol. The number of rotatable bonds is 5. The zero-order valence-corrected chi connectivity index (χ0v) is 13.1. The normalized spacial score (nSPS) is 21.7. The zero-order valence-electron chi connectivity index (χ0n) is 13.1. The summed E-state index contributed by atoms with van der Waals surface area (Å²) in [6.07, 6.45) is 0.685. The van der Waals surface area contributed by atoms with Crippen LogP contribution < -0.4 is 11.3 Å². The van der Waals surface area contributed by atoms with Crippen LogP contribution >= 0.6 is 0 Å². The van der Waals surface area contributed by atoms with Crippen molar-refractivity contribution in [3.63, 3.8) is 0 Å². The summed E-state index contributed by atoms with van der Waals surface area (Å²) in [5.74, 6) is 5.51. The first-order chi connectivity index (χ1) is 10.0. The topological polar surface area (TPSA) is 50.5 Å². The number of halogens is 1. The highest BCUT2D eigenvalue weighted by Crippen LogP contribution is 2.17. The van der Waals surface area contributed by atoms with Crippen molar-refractivity contribution in [2.75, 3.05) is 19.7 Å². The van der Waals surface area contributed by atoms with Crippen molar-refractivity contribution >= 4 is 0 Å². The second-order valence-electron chi connectivity index (χ2n) is 6.05. The quantitative estimate of drug-likeness (QED) is 0.640. The number of benzene rings is 1. The van der Waals surface area contributed by atoms with Crippen LogP contribution in [0, 0.1) is 12.7 Å². The molecule has 21 heavy (non-hydrogen) atoms.